The molecule has 2 atom stereocenters. The molecule has 4 rings (SSSR count). The molecule has 2 fully saturated rings. The Hall–Kier alpha value is -2.61. The Labute approximate surface area is 158 Å². The molecule has 142 valence electrons. The normalized spacial score (nSPS) is 23.3. The highest BCUT2D eigenvalue weighted by atomic mass is 16.5. The number of amides is 1. The van der Waals surface area contributed by atoms with Gasteiger partial charge in [-0.15, -0.1) is 0 Å². The van der Waals surface area contributed by atoms with E-state index >= 15 is 0 Å². The van der Waals surface area contributed by atoms with Gasteiger partial charge in [0, 0.05) is 50.7 Å². The van der Waals surface area contributed by atoms with E-state index in [2.05, 4.69) is 20.4 Å². The van der Waals surface area contributed by atoms with Gasteiger partial charge in [-0.05, 0) is 31.7 Å². The van der Waals surface area contributed by atoms with Crippen molar-refractivity contribution in [3.05, 3.63) is 36.0 Å². The first-order chi connectivity index (χ1) is 13.3. The van der Waals surface area contributed by atoms with E-state index in [1.165, 1.54) is 0 Å². The Morgan fingerprint density at radius 1 is 1.26 bits per heavy atom. The van der Waals surface area contributed by atoms with Gasteiger partial charge in [0.25, 0.3) is 5.91 Å². The SMILES string of the molecule is CNC(=O)c1cnn(C2CCOCC2)c1/N=C/[C@H]1CC[C@H]1c1ncccn1. The maximum Gasteiger partial charge on any atom is 0.256 e. The van der Waals surface area contributed by atoms with Crippen LogP contribution in [0.3, 0.4) is 0 Å². The van der Waals surface area contributed by atoms with Crippen molar-refractivity contribution in [2.75, 3.05) is 20.3 Å². The van der Waals surface area contributed by atoms with Gasteiger partial charge >= 0.3 is 0 Å². The van der Waals surface area contributed by atoms with Gasteiger partial charge in [-0.3, -0.25) is 4.79 Å². The molecule has 0 bridgehead atoms. The third-order valence-electron chi connectivity index (χ3n) is 5.41. The minimum absolute atomic E-state index is 0.169. The van der Waals surface area contributed by atoms with Crippen LogP contribution in [0.5, 0.6) is 0 Å². The number of carbonyl (C=O) groups is 1. The molecule has 0 spiro atoms. The first-order valence-corrected chi connectivity index (χ1v) is 9.46. The Morgan fingerprint density at radius 3 is 2.70 bits per heavy atom. The average molecular weight is 368 g/mol. The summed E-state index contributed by atoms with van der Waals surface area (Å²) in [5.74, 6) is 1.89. The topological polar surface area (TPSA) is 94.3 Å². The van der Waals surface area contributed by atoms with E-state index in [-0.39, 0.29) is 23.8 Å². The molecular weight excluding hydrogens is 344 g/mol. The van der Waals surface area contributed by atoms with Gasteiger partial charge in [0.15, 0.2) is 5.82 Å². The molecule has 1 saturated carbocycles. The standard InChI is InChI=1S/C19H24N6O2/c1-20-19(26)16-12-24-25(14-5-9-27-10-6-14)18(16)23-11-13-3-4-15(13)17-21-7-2-8-22-17/h2,7-8,11-15H,3-6,9-10H2,1H3,(H,20,26)/b23-11+/t13-,15-/m1/s1. The number of carbonyl (C=O) groups excluding carboxylic acids is 1. The summed E-state index contributed by atoms with van der Waals surface area (Å²) < 4.78 is 7.34. The van der Waals surface area contributed by atoms with E-state index in [1.807, 2.05) is 17.0 Å². The number of nitrogens with one attached hydrogen (secondary N) is 1. The molecule has 1 amide bonds. The van der Waals surface area contributed by atoms with Crippen LogP contribution in [0, 0.1) is 5.92 Å². The molecule has 1 N–H and O–H groups in total. The van der Waals surface area contributed by atoms with Crippen LogP contribution in [0.4, 0.5) is 5.82 Å². The van der Waals surface area contributed by atoms with E-state index < -0.39 is 0 Å². The predicted octanol–water partition coefficient (Wildman–Crippen LogP) is 2.28. The zero-order chi connectivity index (χ0) is 18.6. The Bertz CT molecular complexity index is 813. The van der Waals surface area contributed by atoms with E-state index in [4.69, 9.17) is 9.73 Å². The molecule has 0 aromatic carbocycles. The molecule has 3 heterocycles. The third kappa shape index (κ3) is 3.62. The van der Waals surface area contributed by atoms with Crippen LogP contribution < -0.4 is 5.32 Å². The zero-order valence-corrected chi connectivity index (χ0v) is 15.4. The fraction of sp³-hybridized carbons (Fsp3) is 0.526. The summed E-state index contributed by atoms with van der Waals surface area (Å²) in [6.45, 7) is 1.41. The molecular formula is C19H24N6O2. The lowest BCUT2D eigenvalue weighted by Gasteiger charge is -2.32. The van der Waals surface area contributed by atoms with Crippen molar-refractivity contribution >= 4 is 17.9 Å². The maximum atomic E-state index is 12.3. The van der Waals surface area contributed by atoms with Gasteiger partial charge < -0.3 is 10.1 Å². The van der Waals surface area contributed by atoms with Gasteiger partial charge in [-0.2, -0.15) is 5.10 Å². The van der Waals surface area contributed by atoms with Crippen LogP contribution in [-0.4, -0.2) is 52.1 Å². The molecule has 0 radical (unpaired) electrons. The van der Waals surface area contributed by atoms with Gasteiger partial charge in [-0.25, -0.2) is 19.6 Å². The zero-order valence-electron chi connectivity index (χ0n) is 15.4. The number of hydrogen-bond acceptors (Lipinski definition) is 6. The second kappa shape index (κ2) is 7.96. The molecule has 27 heavy (non-hydrogen) atoms. The van der Waals surface area contributed by atoms with Crippen molar-refractivity contribution in [1.29, 1.82) is 0 Å². The number of aliphatic imine (C=N–C) groups is 1. The molecule has 2 aromatic rings. The van der Waals surface area contributed by atoms with Crippen LogP contribution in [0.1, 0.15) is 53.8 Å². The van der Waals surface area contributed by atoms with Crippen LogP contribution in [0.2, 0.25) is 0 Å². The number of ether oxygens (including phenoxy) is 1. The Morgan fingerprint density at radius 2 is 2.04 bits per heavy atom. The second-order valence-corrected chi connectivity index (χ2v) is 6.98. The fourth-order valence-corrected chi connectivity index (χ4v) is 3.67. The van der Waals surface area contributed by atoms with Crippen LogP contribution in [-0.2, 0) is 4.74 Å². The lowest BCUT2D eigenvalue weighted by Crippen LogP contribution is -2.27. The van der Waals surface area contributed by atoms with Gasteiger partial charge in [0.05, 0.1) is 12.2 Å². The number of aromatic nitrogens is 4. The summed E-state index contributed by atoms with van der Waals surface area (Å²) >= 11 is 0. The highest BCUT2D eigenvalue weighted by Gasteiger charge is 2.33. The van der Waals surface area contributed by atoms with Crippen molar-refractivity contribution in [3.63, 3.8) is 0 Å². The smallest absolute Gasteiger partial charge is 0.256 e. The summed E-state index contributed by atoms with van der Waals surface area (Å²) in [6, 6.07) is 2.03. The van der Waals surface area contributed by atoms with E-state index in [0.717, 1.165) is 31.5 Å². The predicted molar refractivity (Wildman–Crippen MR) is 100 cm³/mol. The first-order valence-electron chi connectivity index (χ1n) is 9.46. The van der Waals surface area contributed by atoms with Crippen molar-refractivity contribution in [1.82, 2.24) is 25.1 Å². The van der Waals surface area contributed by atoms with E-state index in [1.54, 1.807) is 25.6 Å². The minimum atomic E-state index is -0.169. The monoisotopic (exact) mass is 368 g/mol. The van der Waals surface area contributed by atoms with E-state index in [9.17, 15) is 4.79 Å². The summed E-state index contributed by atoms with van der Waals surface area (Å²) in [5, 5.41) is 7.15. The van der Waals surface area contributed by atoms with Crippen molar-refractivity contribution in [3.8, 4) is 0 Å². The summed E-state index contributed by atoms with van der Waals surface area (Å²) in [5.41, 5.74) is 0.507. The second-order valence-electron chi connectivity index (χ2n) is 6.98. The maximum absolute atomic E-state index is 12.3. The van der Waals surface area contributed by atoms with Crippen LogP contribution in [0.15, 0.2) is 29.6 Å². The largest absolute Gasteiger partial charge is 0.381 e. The highest BCUT2D eigenvalue weighted by molar-refractivity contribution is 5.98. The van der Waals surface area contributed by atoms with Crippen molar-refractivity contribution in [2.45, 2.75) is 37.6 Å². The summed E-state index contributed by atoms with van der Waals surface area (Å²) in [7, 11) is 1.62. The summed E-state index contributed by atoms with van der Waals surface area (Å²) in [6.07, 6.45) is 11.0. The van der Waals surface area contributed by atoms with Crippen molar-refractivity contribution < 1.29 is 9.53 Å². The highest BCUT2D eigenvalue weighted by Crippen LogP contribution is 2.40. The Kier molecular flexibility index (Phi) is 5.24. The van der Waals surface area contributed by atoms with Crippen LogP contribution >= 0.6 is 0 Å². The molecule has 2 aliphatic rings. The van der Waals surface area contributed by atoms with Crippen LogP contribution in [0.25, 0.3) is 0 Å². The van der Waals surface area contributed by atoms with E-state index in [0.29, 0.717) is 24.6 Å². The molecule has 1 aliphatic heterocycles. The van der Waals surface area contributed by atoms with Gasteiger partial charge in [-0.1, -0.05) is 0 Å². The number of hydrogen-bond donors (Lipinski definition) is 1. The minimum Gasteiger partial charge on any atom is -0.381 e. The van der Waals surface area contributed by atoms with Crippen molar-refractivity contribution in [2.24, 2.45) is 10.9 Å². The molecule has 2 aromatic heterocycles. The lowest BCUT2D eigenvalue weighted by atomic mass is 9.74. The molecule has 0 unspecified atom stereocenters. The Balaban J connectivity index is 1.59. The van der Waals surface area contributed by atoms with Gasteiger partial charge in [0.2, 0.25) is 0 Å². The number of rotatable bonds is 5. The summed E-state index contributed by atoms with van der Waals surface area (Å²) in [4.78, 5) is 25.7. The molecule has 1 aliphatic carbocycles. The third-order valence-corrected chi connectivity index (χ3v) is 5.41. The first kappa shape index (κ1) is 17.8. The van der Waals surface area contributed by atoms with Gasteiger partial charge in [0.1, 0.15) is 11.4 Å². The quantitative estimate of drug-likeness (QED) is 0.817. The lowest BCUT2D eigenvalue weighted by molar-refractivity contribution is 0.0667. The number of nitrogens with zero attached hydrogens (tertiary/aromatic N) is 5. The molecule has 1 saturated heterocycles. The fourth-order valence-electron chi connectivity index (χ4n) is 3.67. The average Bonchev–Trinajstić information content (AvgIpc) is 3.12. The molecule has 8 heteroatoms. The molecule has 8 nitrogen and oxygen atoms in total.